The first-order valence-corrected chi connectivity index (χ1v) is 18.2. The molecule has 2 heterocycles. The zero-order valence-corrected chi connectivity index (χ0v) is 32.3. The number of halogens is 2. The van der Waals surface area contributed by atoms with Crippen LogP contribution < -0.4 is 14.2 Å². The van der Waals surface area contributed by atoms with Gasteiger partial charge in [-0.2, -0.15) is 0 Å². The van der Waals surface area contributed by atoms with E-state index >= 15 is 0 Å². The lowest BCUT2D eigenvalue weighted by Crippen LogP contribution is -2.47. The van der Waals surface area contributed by atoms with Gasteiger partial charge in [-0.15, -0.1) is 12.4 Å². The monoisotopic (exact) mass is 751 g/mol. The van der Waals surface area contributed by atoms with Crippen molar-refractivity contribution in [3.63, 3.8) is 0 Å². The Hall–Kier alpha value is -4.82. The maximum Gasteiger partial charge on any atom is 0.246 e. The number of hydrogen-bond acceptors (Lipinski definition) is 6. The number of benzene rings is 4. The molecule has 53 heavy (non-hydrogen) atoms. The molecule has 1 aliphatic rings. The molecule has 1 amide bonds. The molecule has 276 valence electrons. The standard InChI is InChI=1S/C44H46ClN3O4.ClH/c1-31-5-9-37(10-6-31)30-50-40-18-19-42(46-28-40)52-44-33(3)25-38(27-41(44)45)15-20-43(49)48-23-21-47(22-24-48)29-36-13-11-35(12-14-36)26-34(4)51-39-16-7-32(2)8-17-39;/h5-20,25,27-28,34H,21-24,26,29-30H2,1-4H3;1H. The van der Waals surface area contributed by atoms with Crippen LogP contribution in [0.3, 0.4) is 0 Å². The van der Waals surface area contributed by atoms with Crippen LogP contribution in [0.2, 0.25) is 5.02 Å². The number of rotatable bonds is 13. The summed E-state index contributed by atoms with van der Waals surface area (Å²) in [6, 6.07) is 32.5. The molecule has 5 aromatic rings. The molecule has 1 saturated heterocycles. The summed E-state index contributed by atoms with van der Waals surface area (Å²) >= 11 is 6.64. The third kappa shape index (κ3) is 11.6. The molecule has 1 fully saturated rings. The smallest absolute Gasteiger partial charge is 0.246 e. The van der Waals surface area contributed by atoms with Crippen LogP contribution in [0.15, 0.2) is 109 Å². The van der Waals surface area contributed by atoms with Gasteiger partial charge < -0.3 is 19.1 Å². The first-order valence-electron chi connectivity index (χ1n) is 17.8. The number of aromatic nitrogens is 1. The van der Waals surface area contributed by atoms with Crippen molar-refractivity contribution in [2.45, 2.75) is 53.4 Å². The van der Waals surface area contributed by atoms with Crippen molar-refractivity contribution in [1.29, 1.82) is 0 Å². The van der Waals surface area contributed by atoms with E-state index in [1.807, 2.05) is 42.2 Å². The molecule has 1 unspecified atom stereocenters. The summed E-state index contributed by atoms with van der Waals surface area (Å²) in [6.45, 7) is 12.5. The number of pyridine rings is 1. The second-order valence-corrected chi connectivity index (χ2v) is 14.0. The molecule has 0 N–H and O–H groups in total. The van der Waals surface area contributed by atoms with Gasteiger partial charge in [0.05, 0.1) is 17.3 Å². The van der Waals surface area contributed by atoms with Crippen LogP contribution in [0.4, 0.5) is 0 Å². The lowest BCUT2D eigenvalue weighted by Gasteiger charge is -2.34. The topological polar surface area (TPSA) is 64.1 Å². The lowest BCUT2D eigenvalue weighted by molar-refractivity contribution is -0.127. The summed E-state index contributed by atoms with van der Waals surface area (Å²) in [4.78, 5) is 21.8. The predicted molar refractivity (Wildman–Crippen MR) is 216 cm³/mol. The number of amides is 1. The van der Waals surface area contributed by atoms with Crippen molar-refractivity contribution in [3.05, 3.63) is 153 Å². The van der Waals surface area contributed by atoms with Crippen LogP contribution in [-0.2, 0) is 24.4 Å². The summed E-state index contributed by atoms with van der Waals surface area (Å²) in [5.74, 6) is 2.49. The highest BCUT2D eigenvalue weighted by Crippen LogP contribution is 2.34. The van der Waals surface area contributed by atoms with E-state index < -0.39 is 0 Å². The number of carbonyl (C=O) groups is 1. The Morgan fingerprint density at radius 2 is 1.43 bits per heavy atom. The number of ether oxygens (including phenoxy) is 3. The van der Waals surface area contributed by atoms with Gasteiger partial charge >= 0.3 is 0 Å². The Labute approximate surface area is 324 Å². The van der Waals surface area contributed by atoms with Crippen molar-refractivity contribution in [3.8, 4) is 23.1 Å². The van der Waals surface area contributed by atoms with Crippen LogP contribution in [0.1, 0.15) is 45.9 Å². The summed E-state index contributed by atoms with van der Waals surface area (Å²) in [5.41, 5.74) is 7.72. The lowest BCUT2D eigenvalue weighted by atomic mass is 10.1. The fraction of sp³-hybridized carbons (Fsp3) is 0.273. The Morgan fingerprint density at radius 3 is 2.08 bits per heavy atom. The summed E-state index contributed by atoms with van der Waals surface area (Å²) in [5, 5.41) is 0.445. The van der Waals surface area contributed by atoms with Crippen LogP contribution in [0, 0.1) is 20.8 Å². The predicted octanol–water partition coefficient (Wildman–Crippen LogP) is 9.82. The van der Waals surface area contributed by atoms with E-state index in [0.717, 1.165) is 48.5 Å². The van der Waals surface area contributed by atoms with Crippen molar-refractivity contribution >= 4 is 36.0 Å². The molecule has 0 aliphatic carbocycles. The molecule has 0 saturated carbocycles. The van der Waals surface area contributed by atoms with E-state index in [9.17, 15) is 4.79 Å². The highest BCUT2D eigenvalue weighted by atomic mass is 35.5. The average molecular weight is 753 g/mol. The fourth-order valence-corrected chi connectivity index (χ4v) is 6.43. The van der Waals surface area contributed by atoms with E-state index in [0.29, 0.717) is 42.1 Å². The molecular weight excluding hydrogens is 705 g/mol. The number of carbonyl (C=O) groups excluding carboxylic acids is 1. The highest BCUT2D eigenvalue weighted by Gasteiger charge is 2.20. The molecule has 1 aromatic heterocycles. The van der Waals surface area contributed by atoms with Crippen LogP contribution in [0.25, 0.3) is 6.08 Å². The Morgan fingerprint density at radius 1 is 0.811 bits per heavy atom. The van der Waals surface area contributed by atoms with E-state index in [4.69, 9.17) is 25.8 Å². The maximum atomic E-state index is 13.1. The van der Waals surface area contributed by atoms with Crippen molar-refractivity contribution in [2.75, 3.05) is 26.2 Å². The van der Waals surface area contributed by atoms with E-state index in [1.54, 1.807) is 24.4 Å². The quantitative estimate of drug-likeness (QED) is 0.112. The number of piperazine rings is 1. The minimum absolute atomic E-state index is 0. The molecule has 9 heteroatoms. The van der Waals surface area contributed by atoms with Gasteiger partial charge in [0.1, 0.15) is 18.1 Å². The second kappa shape index (κ2) is 18.8. The fourth-order valence-electron chi connectivity index (χ4n) is 6.11. The first kappa shape index (κ1) is 39.4. The highest BCUT2D eigenvalue weighted by molar-refractivity contribution is 6.32. The van der Waals surface area contributed by atoms with E-state index in [1.165, 1.54) is 22.3 Å². The van der Waals surface area contributed by atoms with Crippen LogP contribution >= 0.6 is 24.0 Å². The minimum Gasteiger partial charge on any atom is -0.490 e. The SMILES string of the molecule is Cc1ccc(COc2ccc(Oc3c(C)cc(C=CC(=O)N4CCN(Cc5ccc(CC(C)Oc6ccc(C)cc6)cc5)CC4)cc3Cl)nc2)cc1.Cl. The number of nitrogens with zero attached hydrogens (tertiary/aromatic N) is 3. The maximum absolute atomic E-state index is 13.1. The van der Waals surface area contributed by atoms with E-state index in [2.05, 4.69) is 91.3 Å². The molecule has 0 spiro atoms. The second-order valence-electron chi connectivity index (χ2n) is 13.6. The zero-order valence-electron chi connectivity index (χ0n) is 30.8. The van der Waals surface area contributed by atoms with Crippen LogP contribution in [0.5, 0.6) is 23.1 Å². The first-order chi connectivity index (χ1) is 25.2. The van der Waals surface area contributed by atoms with Gasteiger partial charge in [-0.05, 0) is 91.9 Å². The summed E-state index contributed by atoms with van der Waals surface area (Å²) in [6.07, 6.45) is 6.01. The third-order valence-electron chi connectivity index (χ3n) is 9.11. The molecule has 1 aliphatic heterocycles. The Balaban J connectivity index is 0.00000541. The molecule has 6 rings (SSSR count). The van der Waals surface area contributed by atoms with Gasteiger partial charge in [-0.1, -0.05) is 83.4 Å². The number of hydrogen-bond donors (Lipinski definition) is 0. The van der Waals surface area contributed by atoms with Crippen LogP contribution in [-0.4, -0.2) is 53.0 Å². The molecule has 1 atom stereocenters. The molecule has 7 nitrogen and oxygen atoms in total. The minimum atomic E-state index is -0.00559. The molecular formula is C44H47Cl2N3O4. The Kier molecular flexibility index (Phi) is 14.0. The molecule has 4 aromatic carbocycles. The Bertz CT molecular complexity index is 1930. The average Bonchev–Trinajstić information content (AvgIpc) is 3.14. The summed E-state index contributed by atoms with van der Waals surface area (Å²) in [7, 11) is 0. The normalized spacial score (nSPS) is 13.7. The largest absolute Gasteiger partial charge is 0.490 e. The van der Waals surface area contributed by atoms with Gasteiger partial charge in [0.2, 0.25) is 11.8 Å². The van der Waals surface area contributed by atoms with Gasteiger partial charge in [-0.25, -0.2) is 4.98 Å². The van der Waals surface area contributed by atoms with Crippen molar-refractivity contribution < 1.29 is 19.0 Å². The van der Waals surface area contributed by atoms with Gasteiger partial charge in [0.15, 0.2) is 5.75 Å². The number of aryl methyl sites for hydroxylation is 3. The zero-order chi connectivity index (χ0) is 36.5. The van der Waals surface area contributed by atoms with Crippen molar-refractivity contribution in [1.82, 2.24) is 14.8 Å². The van der Waals surface area contributed by atoms with Gasteiger partial charge in [0.25, 0.3) is 0 Å². The molecule has 0 bridgehead atoms. The van der Waals surface area contributed by atoms with Gasteiger partial charge in [0, 0.05) is 51.3 Å². The van der Waals surface area contributed by atoms with Gasteiger partial charge in [-0.3, -0.25) is 9.69 Å². The van der Waals surface area contributed by atoms with E-state index in [-0.39, 0.29) is 24.4 Å². The molecule has 0 radical (unpaired) electrons. The van der Waals surface area contributed by atoms with Crippen molar-refractivity contribution in [2.24, 2.45) is 0 Å². The third-order valence-corrected chi connectivity index (χ3v) is 9.39. The summed E-state index contributed by atoms with van der Waals surface area (Å²) < 4.78 is 18.0.